The second-order valence-electron chi connectivity index (χ2n) is 7.46. The van der Waals surface area contributed by atoms with Crippen LogP contribution in [-0.2, 0) is 16.1 Å². The molecule has 0 aliphatic heterocycles. The molecule has 2 N–H and O–H groups in total. The van der Waals surface area contributed by atoms with Gasteiger partial charge in [-0.1, -0.05) is 54.6 Å². The van der Waals surface area contributed by atoms with Crippen LogP contribution in [0.1, 0.15) is 47.8 Å². The van der Waals surface area contributed by atoms with Crippen molar-refractivity contribution in [1.82, 2.24) is 4.90 Å². The van der Waals surface area contributed by atoms with Crippen LogP contribution >= 0.6 is 0 Å². The molecule has 7 heteroatoms. The van der Waals surface area contributed by atoms with E-state index in [4.69, 9.17) is 10.5 Å². The maximum absolute atomic E-state index is 12.9. The first-order valence-electron chi connectivity index (χ1n) is 9.94. The molecule has 0 spiro atoms. The Balaban J connectivity index is 1.50. The van der Waals surface area contributed by atoms with Crippen LogP contribution in [0, 0.1) is 0 Å². The molecule has 1 aliphatic rings. The van der Waals surface area contributed by atoms with Crippen molar-refractivity contribution in [3.05, 3.63) is 100 Å². The number of hydrogen-bond acceptors (Lipinski definition) is 6. The van der Waals surface area contributed by atoms with E-state index in [-0.39, 0.29) is 39.6 Å². The first-order valence-corrected chi connectivity index (χ1v) is 9.94. The molecule has 32 heavy (non-hydrogen) atoms. The van der Waals surface area contributed by atoms with Gasteiger partial charge in [-0.25, -0.2) is 4.79 Å². The van der Waals surface area contributed by atoms with Gasteiger partial charge in [-0.3, -0.25) is 14.4 Å². The normalized spacial score (nSPS) is 12.0. The van der Waals surface area contributed by atoms with Crippen LogP contribution in [0.4, 0.5) is 5.69 Å². The van der Waals surface area contributed by atoms with Gasteiger partial charge in [0.2, 0.25) is 0 Å². The van der Waals surface area contributed by atoms with Gasteiger partial charge in [0.1, 0.15) is 0 Å². The molecule has 7 nitrogen and oxygen atoms in total. The largest absolute Gasteiger partial charge is 0.452 e. The summed E-state index contributed by atoms with van der Waals surface area (Å²) in [6.07, 6.45) is 0. The van der Waals surface area contributed by atoms with Gasteiger partial charge in [-0.05, 0) is 17.7 Å². The first kappa shape index (κ1) is 21.0. The highest BCUT2D eigenvalue weighted by molar-refractivity contribution is 6.30. The Morgan fingerprint density at radius 2 is 1.47 bits per heavy atom. The Hall–Kier alpha value is -4.26. The van der Waals surface area contributed by atoms with Crippen LogP contribution in [0.15, 0.2) is 66.7 Å². The zero-order chi connectivity index (χ0) is 22.8. The lowest BCUT2D eigenvalue weighted by Gasteiger charge is -2.20. The summed E-state index contributed by atoms with van der Waals surface area (Å²) in [5.74, 6) is -2.00. The minimum Gasteiger partial charge on any atom is -0.452 e. The number of nitrogens with two attached hydrogens (primary N) is 1. The van der Waals surface area contributed by atoms with Crippen LogP contribution in [0.2, 0.25) is 0 Å². The van der Waals surface area contributed by atoms with Crippen molar-refractivity contribution in [2.45, 2.75) is 6.54 Å². The zero-order valence-electron chi connectivity index (χ0n) is 17.3. The molecule has 0 saturated carbocycles. The number of rotatable bonds is 5. The van der Waals surface area contributed by atoms with Gasteiger partial charge in [0.05, 0.1) is 16.8 Å². The highest BCUT2D eigenvalue weighted by Crippen LogP contribution is 2.32. The Morgan fingerprint density at radius 1 is 0.844 bits per heavy atom. The summed E-state index contributed by atoms with van der Waals surface area (Å²) < 4.78 is 5.15. The van der Waals surface area contributed by atoms with Crippen molar-refractivity contribution in [1.29, 1.82) is 0 Å². The average molecular weight is 428 g/mol. The summed E-state index contributed by atoms with van der Waals surface area (Å²) in [5, 5.41) is 0. The van der Waals surface area contributed by atoms with Crippen molar-refractivity contribution >= 4 is 29.1 Å². The number of nitrogens with zero attached hydrogens (tertiary/aromatic N) is 1. The van der Waals surface area contributed by atoms with Crippen molar-refractivity contribution in [3.63, 3.8) is 0 Å². The Bertz CT molecular complexity index is 1250. The third-order valence-electron chi connectivity index (χ3n) is 5.37. The highest BCUT2D eigenvalue weighted by Gasteiger charge is 2.33. The van der Waals surface area contributed by atoms with Gasteiger partial charge in [-0.2, -0.15) is 0 Å². The predicted molar refractivity (Wildman–Crippen MR) is 117 cm³/mol. The molecule has 1 aliphatic carbocycles. The number of fused-ring (bicyclic) bond motifs is 2. The van der Waals surface area contributed by atoms with Gasteiger partial charge in [0.25, 0.3) is 5.91 Å². The number of benzene rings is 3. The molecule has 3 aromatic carbocycles. The Labute approximate surface area is 184 Å². The van der Waals surface area contributed by atoms with Gasteiger partial charge in [-0.15, -0.1) is 0 Å². The van der Waals surface area contributed by atoms with E-state index in [1.54, 1.807) is 31.3 Å². The predicted octanol–water partition coefficient (Wildman–Crippen LogP) is 2.86. The van der Waals surface area contributed by atoms with E-state index >= 15 is 0 Å². The number of hydrogen-bond donors (Lipinski definition) is 1. The van der Waals surface area contributed by atoms with Crippen molar-refractivity contribution < 1.29 is 23.9 Å². The highest BCUT2D eigenvalue weighted by atomic mass is 16.5. The summed E-state index contributed by atoms with van der Waals surface area (Å²) in [6, 6.07) is 18.6. The quantitative estimate of drug-likeness (QED) is 0.387. The molecule has 0 aromatic heterocycles. The molecule has 0 fully saturated rings. The summed E-state index contributed by atoms with van der Waals surface area (Å²) in [7, 11) is 1.61. The minimum absolute atomic E-state index is 0.0179. The van der Waals surface area contributed by atoms with Crippen molar-refractivity contribution in [2.75, 3.05) is 19.4 Å². The van der Waals surface area contributed by atoms with Gasteiger partial charge >= 0.3 is 5.97 Å². The molecular weight excluding hydrogens is 408 g/mol. The van der Waals surface area contributed by atoms with E-state index in [9.17, 15) is 19.2 Å². The Kier molecular flexibility index (Phi) is 5.55. The van der Waals surface area contributed by atoms with E-state index in [1.807, 2.05) is 30.3 Å². The van der Waals surface area contributed by atoms with E-state index < -0.39 is 18.4 Å². The molecule has 0 saturated heterocycles. The van der Waals surface area contributed by atoms with Crippen LogP contribution in [0.3, 0.4) is 0 Å². The molecule has 1 amide bonds. The van der Waals surface area contributed by atoms with Crippen molar-refractivity contribution in [3.8, 4) is 0 Å². The smallest absolute Gasteiger partial charge is 0.340 e. The standard InChI is InChI=1S/C25H20N2O5/c1-27(13-15-7-3-2-4-8-15)20(28)14-32-25(31)19-12-11-18-21(22(19)26)24(30)17-10-6-5-9-16(17)23(18)29/h2-12H,13-14,26H2,1H3. The lowest BCUT2D eigenvalue weighted by Crippen LogP contribution is -2.31. The molecule has 0 radical (unpaired) electrons. The van der Waals surface area contributed by atoms with Crippen LogP contribution in [0.5, 0.6) is 0 Å². The summed E-state index contributed by atoms with van der Waals surface area (Å²) in [6.45, 7) is -0.108. The molecule has 4 rings (SSSR count). The number of likely N-dealkylation sites (N-methyl/N-ethyl adjacent to an activating group) is 1. The lowest BCUT2D eigenvalue weighted by atomic mass is 9.82. The molecule has 160 valence electrons. The van der Waals surface area contributed by atoms with Crippen molar-refractivity contribution in [2.24, 2.45) is 0 Å². The molecule has 0 atom stereocenters. The average Bonchev–Trinajstić information content (AvgIpc) is 2.81. The van der Waals surface area contributed by atoms with E-state index in [2.05, 4.69) is 0 Å². The number of ketones is 2. The number of carbonyl (C=O) groups excluding carboxylic acids is 4. The van der Waals surface area contributed by atoms with Crippen LogP contribution < -0.4 is 5.73 Å². The van der Waals surface area contributed by atoms with E-state index in [1.165, 1.54) is 17.0 Å². The number of ether oxygens (including phenoxy) is 1. The number of carbonyl (C=O) groups is 4. The number of anilines is 1. The van der Waals surface area contributed by atoms with Gasteiger partial charge < -0.3 is 15.4 Å². The SMILES string of the molecule is CN(Cc1ccccc1)C(=O)COC(=O)c1ccc2c(c1N)C(=O)c1ccccc1C2=O. The van der Waals surface area contributed by atoms with E-state index in [0.29, 0.717) is 12.1 Å². The maximum Gasteiger partial charge on any atom is 0.340 e. The Morgan fingerprint density at radius 3 is 2.16 bits per heavy atom. The second kappa shape index (κ2) is 8.47. The fraction of sp³-hybridized carbons (Fsp3) is 0.120. The molecular formula is C25H20N2O5. The van der Waals surface area contributed by atoms with Gasteiger partial charge in [0, 0.05) is 30.3 Å². The van der Waals surface area contributed by atoms with Gasteiger partial charge in [0.15, 0.2) is 18.2 Å². The van der Waals surface area contributed by atoms with Crippen LogP contribution in [-0.4, -0.2) is 42.0 Å². The number of amides is 1. The zero-order valence-corrected chi connectivity index (χ0v) is 17.3. The fourth-order valence-corrected chi connectivity index (χ4v) is 3.65. The third kappa shape index (κ3) is 3.76. The third-order valence-corrected chi connectivity index (χ3v) is 5.37. The summed E-state index contributed by atoms with van der Waals surface area (Å²) in [4.78, 5) is 52.1. The summed E-state index contributed by atoms with van der Waals surface area (Å²) >= 11 is 0. The number of nitrogen functional groups attached to an aromatic ring is 1. The molecule has 0 unspecified atom stereocenters. The molecule has 3 aromatic rings. The second-order valence-corrected chi connectivity index (χ2v) is 7.46. The van der Waals surface area contributed by atoms with E-state index in [0.717, 1.165) is 5.56 Å². The number of esters is 1. The maximum atomic E-state index is 12.9. The monoisotopic (exact) mass is 428 g/mol. The molecule has 0 heterocycles. The topological polar surface area (TPSA) is 107 Å². The fourth-order valence-electron chi connectivity index (χ4n) is 3.65. The first-order chi connectivity index (χ1) is 15.4. The minimum atomic E-state index is -0.842. The molecule has 0 bridgehead atoms. The van der Waals surface area contributed by atoms with Crippen LogP contribution in [0.25, 0.3) is 0 Å². The summed E-state index contributed by atoms with van der Waals surface area (Å²) in [5.41, 5.74) is 7.51. The lowest BCUT2D eigenvalue weighted by molar-refractivity contribution is -0.133.